The van der Waals surface area contributed by atoms with Crippen LogP contribution in [0.3, 0.4) is 0 Å². The highest BCUT2D eigenvalue weighted by Gasteiger charge is 2.15. The lowest BCUT2D eigenvalue weighted by molar-refractivity contribution is 0.444. The van der Waals surface area contributed by atoms with Gasteiger partial charge in [-0.15, -0.1) is 10.2 Å². The number of hydrogen-bond donors (Lipinski definition) is 0. The van der Waals surface area contributed by atoms with Crippen molar-refractivity contribution in [2.75, 3.05) is 0 Å². The molecule has 2 aromatic rings. The molecule has 0 saturated carbocycles. The van der Waals surface area contributed by atoms with Gasteiger partial charge in [0.2, 0.25) is 0 Å². The fourth-order valence-corrected chi connectivity index (χ4v) is 2.43. The molecular weight excluding hydrogens is 351 g/mol. The van der Waals surface area contributed by atoms with Crippen LogP contribution >= 0.6 is 39.1 Å². The molecule has 0 aliphatic rings. The Balaban J connectivity index is 2.43. The molecule has 2 rings (SSSR count). The van der Waals surface area contributed by atoms with Crippen molar-refractivity contribution in [2.24, 2.45) is 0 Å². The van der Waals surface area contributed by atoms with Crippen molar-refractivity contribution in [3.63, 3.8) is 0 Å². The fraction of sp³-hybridized carbons (Fsp3) is 0.231. The number of aromatic nitrogens is 2. The average Bonchev–Trinajstić information content (AvgIpc) is 2.34. The summed E-state index contributed by atoms with van der Waals surface area (Å²) in [6, 6.07) is 7.36. The largest absolute Gasteiger partial charge is 0.435 e. The molecule has 0 bridgehead atoms. The first-order valence-corrected chi connectivity index (χ1v) is 7.19. The van der Waals surface area contributed by atoms with Gasteiger partial charge in [-0.05, 0) is 33.5 Å². The van der Waals surface area contributed by atoms with Crippen LogP contribution in [-0.4, -0.2) is 10.2 Å². The van der Waals surface area contributed by atoms with Crippen LogP contribution in [-0.2, 0) is 0 Å². The minimum absolute atomic E-state index is 0.230. The summed E-state index contributed by atoms with van der Waals surface area (Å²) in [6.45, 7) is 4.17. The van der Waals surface area contributed by atoms with Crippen molar-refractivity contribution >= 4 is 39.1 Å². The van der Waals surface area contributed by atoms with Crippen LogP contribution in [0.2, 0.25) is 10.2 Å². The third-order valence-corrected chi connectivity index (χ3v) is 3.58. The molecule has 0 atom stereocenters. The topological polar surface area (TPSA) is 35.0 Å². The van der Waals surface area contributed by atoms with Crippen LogP contribution < -0.4 is 4.74 Å². The Morgan fingerprint density at radius 2 is 1.95 bits per heavy atom. The Kier molecular flexibility index (Phi) is 4.66. The molecule has 19 heavy (non-hydrogen) atoms. The SMILES string of the molecule is CC(C)c1cccc(Br)c1Oc1nnc(Cl)cc1Cl. The smallest absolute Gasteiger partial charge is 0.258 e. The van der Waals surface area contributed by atoms with Crippen LogP contribution in [0.1, 0.15) is 25.3 Å². The molecule has 1 aromatic carbocycles. The molecule has 0 aliphatic heterocycles. The molecule has 0 fully saturated rings. The second kappa shape index (κ2) is 6.07. The maximum atomic E-state index is 6.04. The van der Waals surface area contributed by atoms with Crippen molar-refractivity contribution in [1.29, 1.82) is 0 Å². The Bertz CT molecular complexity index is 605. The molecular formula is C13H11BrCl2N2O. The number of rotatable bonds is 3. The number of ether oxygens (including phenoxy) is 1. The van der Waals surface area contributed by atoms with E-state index in [9.17, 15) is 0 Å². The molecule has 0 spiro atoms. The quantitative estimate of drug-likeness (QED) is 0.727. The second-order valence-electron chi connectivity index (χ2n) is 4.24. The van der Waals surface area contributed by atoms with E-state index in [1.807, 2.05) is 18.2 Å². The Morgan fingerprint density at radius 3 is 2.58 bits per heavy atom. The normalized spacial score (nSPS) is 10.8. The van der Waals surface area contributed by atoms with E-state index in [-0.39, 0.29) is 11.0 Å². The highest BCUT2D eigenvalue weighted by molar-refractivity contribution is 9.10. The van der Waals surface area contributed by atoms with Gasteiger partial charge in [-0.2, -0.15) is 0 Å². The van der Waals surface area contributed by atoms with Gasteiger partial charge in [-0.25, -0.2) is 0 Å². The zero-order valence-electron chi connectivity index (χ0n) is 10.3. The highest BCUT2D eigenvalue weighted by Crippen LogP contribution is 2.38. The zero-order valence-corrected chi connectivity index (χ0v) is 13.4. The number of hydrogen-bond acceptors (Lipinski definition) is 3. The van der Waals surface area contributed by atoms with Gasteiger partial charge in [0.1, 0.15) is 10.8 Å². The van der Waals surface area contributed by atoms with Crippen LogP contribution in [0, 0.1) is 0 Å². The zero-order chi connectivity index (χ0) is 14.0. The van der Waals surface area contributed by atoms with Crippen molar-refractivity contribution in [2.45, 2.75) is 19.8 Å². The van der Waals surface area contributed by atoms with E-state index in [1.54, 1.807) is 0 Å². The van der Waals surface area contributed by atoms with Crippen molar-refractivity contribution in [1.82, 2.24) is 10.2 Å². The lowest BCUT2D eigenvalue weighted by Crippen LogP contribution is -1.98. The third kappa shape index (κ3) is 3.38. The predicted octanol–water partition coefficient (Wildman–Crippen LogP) is 5.46. The van der Waals surface area contributed by atoms with Crippen LogP contribution in [0.4, 0.5) is 0 Å². The van der Waals surface area contributed by atoms with Gasteiger partial charge in [-0.1, -0.05) is 49.2 Å². The molecule has 0 aliphatic carbocycles. The molecule has 0 radical (unpaired) electrons. The van der Waals surface area contributed by atoms with E-state index in [0.29, 0.717) is 16.7 Å². The van der Waals surface area contributed by atoms with Crippen molar-refractivity contribution in [3.05, 3.63) is 44.5 Å². The Hall–Kier alpha value is -0.840. The van der Waals surface area contributed by atoms with E-state index in [0.717, 1.165) is 10.0 Å². The average molecular weight is 362 g/mol. The molecule has 1 heterocycles. The molecule has 0 unspecified atom stereocenters. The Labute approximate surface area is 130 Å². The Morgan fingerprint density at radius 1 is 1.21 bits per heavy atom. The maximum Gasteiger partial charge on any atom is 0.258 e. The predicted molar refractivity (Wildman–Crippen MR) is 80.4 cm³/mol. The summed E-state index contributed by atoms with van der Waals surface area (Å²) in [5, 5.41) is 8.14. The number of halogens is 3. The summed E-state index contributed by atoms with van der Waals surface area (Å²) in [5.41, 5.74) is 1.06. The fourth-order valence-electron chi connectivity index (χ4n) is 1.59. The highest BCUT2D eigenvalue weighted by atomic mass is 79.9. The van der Waals surface area contributed by atoms with Gasteiger partial charge < -0.3 is 4.74 Å². The summed E-state index contributed by atoms with van der Waals surface area (Å²) in [7, 11) is 0. The van der Waals surface area contributed by atoms with Gasteiger partial charge in [0.15, 0.2) is 5.15 Å². The van der Waals surface area contributed by atoms with Gasteiger partial charge in [0, 0.05) is 6.07 Å². The van der Waals surface area contributed by atoms with E-state index in [4.69, 9.17) is 27.9 Å². The van der Waals surface area contributed by atoms with Crippen LogP contribution in [0.15, 0.2) is 28.7 Å². The summed E-state index contributed by atoms with van der Waals surface area (Å²) in [6.07, 6.45) is 0. The molecule has 1 aromatic heterocycles. The van der Waals surface area contributed by atoms with Crippen molar-refractivity contribution < 1.29 is 4.74 Å². The lowest BCUT2D eigenvalue weighted by atomic mass is 10.0. The number of nitrogens with zero attached hydrogens (tertiary/aromatic N) is 2. The summed E-state index contributed by atoms with van der Waals surface area (Å²) in [4.78, 5) is 0. The van der Waals surface area contributed by atoms with Crippen LogP contribution in [0.5, 0.6) is 11.6 Å². The molecule has 100 valence electrons. The first-order chi connectivity index (χ1) is 8.99. The number of para-hydroxylation sites is 1. The molecule has 0 saturated heterocycles. The number of benzene rings is 1. The van der Waals surface area contributed by atoms with E-state index in [2.05, 4.69) is 40.0 Å². The van der Waals surface area contributed by atoms with Gasteiger partial charge in [0.05, 0.1) is 4.47 Å². The van der Waals surface area contributed by atoms with E-state index < -0.39 is 0 Å². The van der Waals surface area contributed by atoms with Crippen molar-refractivity contribution in [3.8, 4) is 11.6 Å². The minimum Gasteiger partial charge on any atom is -0.435 e. The standard InChI is InChI=1S/C13H11BrCl2N2O/c1-7(2)8-4-3-5-9(14)12(8)19-13-10(15)6-11(16)17-18-13/h3-7H,1-2H3. The van der Waals surface area contributed by atoms with E-state index >= 15 is 0 Å². The van der Waals surface area contributed by atoms with Gasteiger partial charge in [-0.3, -0.25) is 0 Å². The summed E-state index contributed by atoms with van der Waals surface area (Å²) < 4.78 is 6.62. The molecule has 0 N–H and O–H groups in total. The molecule has 6 heteroatoms. The van der Waals surface area contributed by atoms with Gasteiger partial charge in [0.25, 0.3) is 5.88 Å². The van der Waals surface area contributed by atoms with Crippen LogP contribution in [0.25, 0.3) is 0 Å². The third-order valence-electron chi connectivity index (χ3n) is 2.50. The maximum absolute atomic E-state index is 6.04. The van der Waals surface area contributed by atoms with Gasteiger partial charge >= 0.3 is 0 Å². The minimum atomic E-state index is 0.230. The summed E-state index contributed by atoms with van der Waals surface area (Å²) in [5.74, 6) is 1.24. The molecule has 3 nitrogen and oxygen atoms in total. The monoisotopic (exact) mass is 360 g/mol. The molecule has 0 amide bonds. The first kappa shape index (κ1) is 14.6. The summed E-state index contributed by atoms with van der Waals surface area (Å²) >= 11 is 15.2. The lowest BCUT2D eigenvalue weighted by Gasteiger charge is -2.15. The van der Waals surface area contributed by atoms with E-state index in [1.165, 1.54) is 6.07 Å². The first-order valence-electron chi connectivity index (χ1n) is 5.64. The second-order valence-corrected chi connectivity index (χ2v) is 5.88.